The van der Waals surface area contributed by atoms with E-state index in [0.717, 1.165) is 5.56 Å². The number of benzene rings is 2. The third kappa shape index (κ3) is 2.50. The molecule has 0 saturated carbocycles. The second-order valence-corrected chi connectivity index (χ2v) is 4.65. The monoisotopic (exact) mass is 284 g/mol. The highest BCUT2D eigenvalue weighted by molar-refractivity contribution is 5.77. The SMILES string of the molecule is COc1ccccc1Cn1cnc2cc(F)ccc2c1=O. The second-order valence-electron chi connectivity index (χ2n) is 4.65. The molecule has 0 aliphatic rings. The molecule has 0 aliphatic heterocycles. The van der Waals surface area contributed by atoms with Crippen LogP contribution in [0.15, 0.2) is 53.6 Å². The quantitative estimate of drug-likeness (QED) is 0.742. The van der Waals surface area contributed by atoms with Gasteiger partial charge in [0.05, 0.1) is 30.9 Å². The summed E-state index contributed by atoms with van der Waals surface area (Å²) in [7, 11) is 1.59. The molecule has 0 saturated heterocycles. The van der Waals surface area contributed by atoms with E-state index in [0.29, 0.717) is 23.2 Å². The van der Waals surface area contributed by atoms with Crippen LogP contribution in [0.3, 0.4) is 0 Å². The number of methoxy groups -OCH3 is 1. The van der Waals surface area contributed by atoms with Crippen LogP contribution in [-0.2, 0) is 6.54 Å². The first-order valence-corrected chi connectivity index (χ1v) is 6.45. The number of rotatable bonds is 3. The molecule has 0 unspecified atom stereocenters. The summed E-state index contributed by atoms with van der Waals surface area (Å²) in [5.74, 6) is 0.306. The maximum Gasteiger partial charge on any atom is 0.261 e. The van der Waals surface area contributed by atoms with Crippen LogP contribution in [0.25, 0.3) is 10.9 Å². The van der Waals surface area contributed by atoms with Crippen molar-refractivity contribution in [2.24, 2.45) is 0 Å². The number of aromatic nitrogens is 2. The van der Waals surface area contributed by atoms with Gasteiger partial charge in [-0.25, -0.2) is 9.37 Å². The van der Waals surface area contributed by atoms with Gasteiger partial charge < -0.3 is 4.74 Å². The molecule has 106 valence electrons. The van der Waals surface area contributed by atoms with Crippen LogP contribution in [0, 0.1) is 5.82 Å². The van der Waals surface area contributed by atoms with E-state index in [9.17, 15) is 9.18 Å². The van der Waals surface area contributed by atoms with Crippen LogP contribution in [0.4, 0.5) is 4.39 Å². The van der Waals surface area contributed by atoms with Gasteiger partial charge in [0.2, 0.25) is 0 Å². The number of fused-ring (bicyclic) bond motifs is 1. The van der Waals surface area contributed by atoms with Gasteiger partial charge in [-0.1, -0.05) is 18.2 Å². The Balaban J connectivity index is 2.07. The standard InChI is InChI=1S/C16H13FN2O2/c1-21-15-5-3-2-4-11(15)9-19-10-18-14-8-12(17)6-7-13(14)16(19)20/h2-8,10H,9H2,1H3. The molecule has 0 atom stereocenters. The van der Waals surface area contributed by atoms with Crippen LogP contribution < -0.4 is 10.3 Å². The minimum atomic E-state index is -0.406. The fourth-order valence-electron chi connectivity index (χ4n) is 2.26. The number of nitrogens with zero attached hydrogens (tertiary/aromatic N) is 2. The first-order chi connectivity index (χ1) is 10.2. The van der Waals surface area contributed by atoms with E-state index in [1.807, 2.05) is 24.3 Å². The minimum Gasteiger partial charge on any atom is -0.496 e. The number of hydrogen-bond acceptors (Lipinski definition) is 3. The maximum absolute atomic E-state index is 13.1. The summed E-state index contributed by atoms with van der Waals surface area (Å²) >= 11 is 0. The lowest BCUT2D eigenvalue weighted by molar-refractivity contribution is 0.408. The molecule has 0 N–H and O–H groups in total. The molecule has 21 heavy (non-hydrogen) atoms. The van der Waals surface area contributed by atoms with Crippen molar-refractivity contribution in [3.63, 3.8) is 0 Å². The van der Waals surface area contributed by atoms with Gasteiger partial charge in [0.1, 0.15) is 11.6 Å². The largest absolute Gasteiger partial charge is 0.496 e. The van der Waals surface area contributed by atoms with Gasteiger partial charge in [-0.15, -0.1) is 0 Å². The van der Waals surface area contributed by atoms with Crippen molar-refractivity contribution in [3.05, 3.63) is 70.5 Å². The van der Waals surface area contributed by atoms with Crippen molar-refractivity contribution >= 4 is 10.9 Å². The van der Waals surface area contributed by atoms with Gasteiger partial charge in [0.15, 0.2) is 0 Å². The predicted octanol–water partition coefficient (Wildman–Crippen LogP) is 2.59. The zero-order valence-corrected chi connectivity index (χ0v) is 11.4. The zero-order valence-electron chi connectivity index (χ0n) is 11.4. The van der Waals surface area contributed by atoms with Crippen molar-refractivity contribution in [1.29, 1.82) is 0 Å². The molecule has 1 heterocycles. The Morgan fingerprint density at radius 2 is 2.05 bits per heavy atom. The molecule has 3 aromatic rings. The van der Waals surface area contributed by atoms with Crippen LogP contribution in [0.5, 0.6) is 5.75 Å². The molecule has 3 rings (SSSR count). The number of hydrogen-bond donors (Lipinski definition) is 0. The van der Waals surface area contributed by atoms with E-state index in [1.54, 1.807) is 7.11 Å². The highest BCUT2D eigenvalue weighted by atomic mass is 19.1. The number of halogens is 1. The lowest BCUT2D eigenvalue weighted by Crippen LogP contribution is -2.21. The molecular formula is C16H13FN2O2. The highest BCUT2D eigenvalue weighted by Crippen LogP contribution is 2.18. The van der Waals surface area contributed by atoms with Crippen LogP contribution in [0.2, 0.25) is 0 Å². The molecule has 1 aromatic heterocycles. The van der Waals surface area contributed by atoms with Crippen molar-refractivity contribution in [2.45, 2.75) is 6.54 Å². The van der Waals surface area contributed by atoms with E-state index >= 15 is 0 Å². The summed E-state index contributed by atoms with van der Waals surface area (Å²) in [6.07, 6.45) is 1.43. The average molecular weight is 284 g/mol. The Bertz CT molecular complexity index is 858. The third-order valence-corrected chi connectivity index (χ3v) is 3.32. The van der Waals surface area contributed by atoms with Crippen molar-refractivity contribution in [2.75, 3.05) is 7.11 Å². The summed E-state index contributed by atoms with van der Waals surface area (Å²) in [6, 6.07) is 11.4. The Labute approximate surface area is 120 Å². The summed E-state index contributed by atoms with van der Waals surface area (Å²) in [6.45, 7) is 0.350. The fraction of sp³-hybridized carbons (Fsp3) is 0.125. The molecule has 0 aliphatic carbocycles. The first kappa shape index (κ1) is 13.3. The third-order valence-electron chi connectivity index (χ3n) is 3.32. The molecular weight excluding hydrogens is 271 g/mol. The molecule has 0 amide bonds. The van der Waals surface area contributed by atoms with Gasteiger partial charge in [-0.3, -0.25) is 9.36 Å². The molecule has 4 nitrogen and oxygen atoms in total. The van der Waals surface area contributed by atoms with Crippen LogP contribution in [-0.4, -0.2) is 16.7 Å². The summed E-state index contributed by atoms with van der Waals surface area (Å²) in [4.78, 5) is 16.5. The second kappa shape index (κ2) is 5.36. The van der Waals surface area contributed by atoms with Gasteiger partial charge in [0, 0.05) is 11.6 Å². The lowest BCUT2D eigenvalue weighted by Gasteiger charge is -2.10. The molecule has 0 fully saturated rings. The topological polar surface area (TPSA) is 44.1 Å². The Hall–Kier alpha value is -2.69. The fourth-order valence-corrected chi connectivity index (χ4v) is 2.26. The highest BCUT2D eigenvalue weighted by Gasteiger charge is 2.08. The first-order valence-electron chi connectivity index (χ1n) is 6.45. The van der Waals surface area contributed by atoms with E-state index in [2.05, 4.69) is 4.98 Å². The van der Waals surface area contributed by atoms with Gasteiger partial charge in [-0.2, -0.15) is 0 Å². The smallest absolute Gasteiger partial charge is 0.261 e. The van der Waals surface area contributed by atoms with Crippen molar-refractivity contribution < 1.29 is 9.13 Å². The zero-order chi connectivity index (χ0) is 14.8. The molecule has 0 bridgehead atoms. The molecule has 0 radical (unpaired) electrons. The summed E-state index contributed by atoms with van der Waals surface area (Å²) in [5.41, 5.74) is 1.03. The Kier molecular flexibility index (Phi) is 3.39. The Morgan fingerprint density at radius 1 is 1.24 bits per heavy atom. The van der Waals surface area contributed by atoms with Crippen LogP contribution in [0.1, 0.15) is 5.56 Å². The van der Waals surface area contributed by atoms with E-state index in [-0.39, 0.29) is 5.56 Å². The van der Waals surface area contributed by atoms with E-state index in [4.69, 9.17) is 4.74 Å². The average Bonchev–Trinajstić information content (AvgIpc) is 2.50. The lowest BCUT2D eigenvalue weighted by atomic mass is 10.2. The van der Waals surface area contributed by atoms with Crippen molar-refractivity contribution in [1.82, 2.24) is 9.55 Å². The minimum absolute atomic E-state index is 0.203. The maximum atomic E-state index is 13.1. The number of ether oxygens (including phenoxy) is 1. The predicted molar refractivity (Wildman–Crippen MR) is 78.1 cm³/mol. The normalized spacial score (nSPS) is 10.8. The van der Waals surface area contributed by atoms with Gasteiger partial charge in [0.25, 0.3) is 5.56 Å². The summed E-state index contributed by atoms with van der Waals surface area (Å²) in [5, 5.41) is 0.397. The van der Waals surface area contributed by atoms with Crippen molar-refractivity contribution in [3.8, 4) is 5.75 Å². The van der Waals surface area contributed by atoms with Gasteiger partial charge in [-0.05, 0) is 18.2 Å². The Morgan fingerprint density at radius 3 is 2.86 bits per heavy atom. The molecule has 2 aromatic carbocycles. The number of para-hydroxylation sites is 1. The van der Waals surface area contributed by atoms with Gasteiger partial charge >= 0.3 is 0 Å². The molecule has 0 spiro atoms. The van der Waals surface area contributed by atoms with E-state index < -0.39 is 5.82 Å². The van der Waals surface area contributed by atoms with Crippen LogP contribution >= 0.6 is 0 Å². The molecule has 5 heteroatoms. The summed E-state index contributed by atoms with van der Waals surface area (Å²) < 4.78 is 19.9. The van der Waals surface area contributed by atoms with E-state index in [1.165, 1.54) is 29.1 Å².